The lowest BCUT2D eigenvalue weighted by atomic mass is 9.96. The quantitative estimate of drug-likeness (QED) is 0.794. The van der Waals surface area contributed by atoms with Gasteiger partial charge in [0.15, 0.2) is 0 Å². The summed E-state index contributed by atoms with van der Waals surface area (Å²) < 4.78 is 4.27. The summed E-state index contributed by atoms with van der Waals surface area (Å²) >= 11 is 6.93. The van der Waals surface area contributed by atoms with Crippen LogP contribution in [-0.4, -0.2) is 21.8 Å². The summed E-state index contributed by atoms with van der Waals surface area (Å²) in [5.41, 5.74) is 0.0252. The first-order chi connectivity index (χ1) is 6.04. The Morgan fingerprint density at radius 1 is 1.46 bits per heavy atom. The van der Waals surface area contributed by atoms with E-state index in [2.05, 4.69) is 35.4 Å². The fraction of sp³-hybridized carbons (Fsp3) is 0.750. The molecule has 1 rings (SSSR count). The summed E-state index contributed by atoms with van der Waals surface area (Å²) in [5.74, 6) is 1.47. The molecule has 0 aromatic carbocycles. The molecule has 0 amide bonds. The number of aromatic nitrogens is 2. The van der Waals surface area contributed by atoms with Crippen molar-refractivity contribution in [3.8, 4) is 0 Å². The van der Waals surface area contributed by atoms with Crippen LogP contribution in [-0.2, 0) is 5.41 Å². The normalized spacial score (nSPS) is 11.7. The summed E-state index contributed by atoms with van der Waals surface area (Å²) in [4.78, 5) is 4.36. The van der Waals surface area contributed by atoms with Crippen LogP contribution in [0, 0.1) is 0 Å². The van der Waals surface area contributed by atoms with E-state index in [9.17, 15) is 0 Å². The highest BCUT2D eigenvalue weighted by atomic mass is 35.5. The summed E-state index contributed by atoms with van der Waals surface area (Å²) in [5, 5.41) is 3.95. The second-order valence-corrected chi connectivity index (χ2v) is 4.92. The molecule has 0 bridgehead atoms. The zero-order chi connectivity index (χ0) is 9.90. The van der Waals surface area contributed by atoms with Crippen LogP contribution < -0.4 is 5.32 Å². The fourth-order valence-electron chi connectivity index (χ4n) is 0.754. The van der Waals surface area contributed by atoms with Gasteiger partial charge in [-0.1, -0.05) is 20.8 Å². The third kappa shape index (κ3) is 3.12. The van der Waals surface area contributed by atoms with E-state index in [4.69, 9.17) is 11.6 Å². The zero-order valence-electron chi connectivity index (χ0n) is 8.09. The Hall–Kier alpha value is -0.350. The Morgan fingerprint density at radius 2 is 2.15 bits per heavy atom. The molecule has 0 saturated heterocycles. The van der Waals surface area contributed by atoms with E-state index in [0.29, 0.717) is 5.88 Å². The van der Waals surface area contributed by atoms with Crippen molar-refractivity contribution in [2.24, 2.45) is 0 Å². The Labute approximate surface area is 87.7 Å². The molecule has 0 aliphatic rings. The first kappa shape index (κ1) is 10.7. The lowest BCUT2D eigenvalue weighted by Crippen LogP contribution is -2.13. The van der Waals surface area contributed by atoms with E-state index in [1.807, 2.05) is 0 Å². The van der Waals surface area contributed by atoms with Gasteiger partial charge in [0, 0.05) is 29.4 Å². The highest BCUT2D eigenvalue weighted by Crippen LogP contribution is 2.22. The standard InChI is InChI=1S/C8H14ClN3S/c1-8(2,3)6-11-7(13-12-6)10-5-4-9/h4-5H2,1-3H3,(H,10,11,12). The Bertz CT molecular complexity index is 267. The number of anilines is 1. The predicted molar refractivity (Wildman–Crippen MR) is 57.8 cm³/mol. The van der Waals surface area contributed by atoms with Gasteiger partial charge in [-0.15, -0.1) is 11.6 Å². The number of nitrogens with zero attached hydrogens (tertiary/aromatic N) is 2. The number of hydrogen-bond acceptors (Lipinski definition) is 4. The highest BCUT2D eigenvalue weighted by Gasteiger charge is 2.19. The Balaban J connectivity index is 2.64. The number of hydrogen-bond donors (Lipinski definition) is 1. The van der Waals surface area contributed by atoms with Crippen LogP contribution in [0.15, 0.2) is 0 Å². The molecule has 0 radical (unpaired) electrons. The minimum Gasteiger partial charge on any atom is -0.359 e. The molecule has 0 saturated carbocycles. The third-order valence-corrected chi connectivity index (χ3v) is 2.33. The molecule has 1 N–H and O–H groups in total. The van der Waals surface area contributed by atoms with Crippen molar-refractivity contribution in [1.29, 1.82) is 0 Å². The number of rotatable bonds is 3. The molecule has 1 aromatic heterocycles. The monoisotopic (exact) mass is 219 g/mol. The highest BCUT2D eigenvalue weighted by molar-refractivity contribution is 7.09. The molecular weight excluding hydrogens is 206 g/mol. The second-order valence-electron chi connectivity index (χ2n) is 3.79. The van der Waals surface area contributed by atoms with Crippen LogP contribution in [0.5, 0.6) is 0 Å². The molecule has 0 fully saturated rings. The van der Waals surface area contributed by atoms with E-state index >= 15 is 0 Å². The molecule has 1 aromatic rings. The van der Waals surface area contributed by atoms with Crippen LogP contribution >= 0.6 is 23.1 Å². The predicted octanol–water partition coefficient (Wildman–Crippen LogP) is 2.49. The summed E-state index contributed by atoms with van der Waals surface area (Å²) in [6.45, 7) is 7.03. The van der Waals surface area contributed by atoms with E-state index in [-0.39, 0.29) is 5.41 Å². The van der Waals surface area contributed by atoms with Gasteiger partial charge in [-0.3, -0.25) is 0 Å². The van der Waals surface area contributed by atoms with Gasteiger partial charge in [-0.25, -0.2) is 4.98 Å². The minimum absolute atomic E-state index is 0.0252. The lowest BCUT2D eigenvalue weighted by molar-refractivity contribution is 0.555. The van der Waals surface area contributed by atoms with Gasteiger partial charge < -0.3 is 5.32 Å². The first-order valence-electron chi connectivity index (χ1n) is 4.18. The van der Waals surface area contributed by atoms with Gasteiger partial charge in [0.2, 0.25) is 5.13 Å². The maximum atomic E-state index is 5.54. The SMILES string of the molecule is CC(C)(C)c1nsc(NCCCl)n1. The molecular formula is C8H14ClN3S. The van der Waals surface area contributed by atoms with Gasteiger partial charge in [0.25, 0.3) is 0 Å². The lowest BCUT2D eigenvalue weighted by Gasteiger charge is -2.12. The molecule has 0 atom stereocenters. The first-order valence-corrected chi connectivity index (χ1v) is 5.49. The van der Waals surface area contributed by atoms with E-state index in [0.717, 1.165) is 17.5 Å². The van der Waals surface area contributed by atoms with Gasteiger partial charge in [-0.2, -0.15) is 4.37 Å². The van der Waals surface area contributed by atoms with Crippen LogP contribution in [0.4, 0.5) is 5.13 Å². The molecule has 3 nitrogen and oxygen atoms in total. The van der Waals surface area contributed by atoms with Crippen LogP contribution in [0.1, 0.15) is 26.6 Å². The van der Waals surface area contributed by atoms with Crippen molar-refractivity contribution in [1.82, 2.24) is 9.36 Å². The zero-order valence-corrected chi connectivity index (χ0v) is 9.67. The van der Waals surface area contributed by atoms with E-state index in [1.165, 1.54) is 11.5 Å². The van der Waals surface area contributed by atoms with Crippen molar-refractivity contribution >= 4 is 28.3 Å². The van der Waals surface area contributed by atoms with Crippen LogP contribution in [0.3, 0.4) is 0 Å². The Morgan fingerprint density at radius 3 is 2.62 bits per heavy atom. The molecule has 5 heteroatoms. The van der Waals surface area contributed by atoms with Gasteiger partial charge in [-0.05, 0) is 0 Å². The maximum Gasteiger partial charge on any atom is 0.202 e. The molecule has 0 spiro atoms. The van der Waals surface area contributed by atoms with Gasteiger partial charge in [0.1, 0.15) is 5.82 Å². The molecule has 74 valence electrons. The number of nitrogens with one attached hydrogen (secondary N) is 1. The second kappa shape index (κ2) is 4.24. The minimum atomic E-state index is 0.0252. The molecule has 0 aliphatic heterocycles. The largest absolute Gasteiger partial charge is 0.359 e. The van der Waals surface area contributed by atoms with Crippen molar-refractivity contribution < 1.29 is 0 Å². The molecule has 1 heterocycles. The summed E-state index contributed by atoms with van der Waals surface area (Å²) in [6.07, 6.45) is 0. The molecule has 0 unspecified atom stereocenters. The maximum absolute atomic E-state index is 5.54. The number of halogens is 1. The van der Waals surface area contributed by atoms with E-state index in [1.54, 1.807) is 0 Å². The summed E-state index contributed by atoms with van der Waals surface area (Å²) in [7, 11) is 0. The van der Waals surface area contributed by atoms with Gasteiger partial charge in [0.05, 0.1) is 0 Å². The van der Waals surface area contributed by atoms with Crippen molar-refractivity contribution in [3.63, 3.8) is 0 Å². The average Bonchev–Trinajstić information content (AvgIpc) is 2.47. The fourth-order valence-corrected chi connectivity index (χ4v) is 1.63. The van der Waals surface area contributed by atoms with Crippen LogP contribution in [0.2, 0.25) is 0 Å². The average molecular weight is 220 g/mol. The van der Waals surface area contributed by atoms with Crippen LogP contribution in [0.25, 0.3) is 0 Å². The third-order valence-electron chi connectivity index (χ3n) is 1.47. The number of alkyl halides is 1. The van der Waals surface area contributed by atoms with Crippen molar-refractivity contribution in [2.75, 3.05) is 17.7 Å². The van der Waals surface area contributed by atoms with Crippen molar-refractivity contribution in [2.45, 2.75) is 26.2 Å². The molecule has 13 heavy (non-hydrogen) atoms. The Kier molecular flexibility index (Phi) is 3.50. The van der Waals surface area contributed by atoms with Gasteiger partial charge >= 0.3 is 0 Å². The smallest absolute Gasteiger partial charge is 0.202 e. The van der Waals surface area contributed by atoms with E-state index < -0.39 is 0 Å². The van der Waals surface area contributed by atoms with Crippen molar-refractivity contribution in [3.05, 3.63) is 5.82 Å². The molecule has 0 aliphatic carbocycles. The summed E-state index contributed by atoms with van der Waals surface area (Å²) in [6, 6.07) is 0. The topological polar surface area (TPSA) is 37.8 Å².